The number of carbonyl (C=O) groups excluding carboxylic acids is 2. The number of carbonyl (C=O) groups is 2. The lowest BCUT2D eigenvalue weighted by molar-refractivity contribution is -0.141. The second-order valence-corrected chi connectivity index (χ2v) is 7.38. The van der Waals surface area contributed by atoms with E-state index in [0.29, 0.717) is 23.7 Å². The lowest BCUT2D eigenvalue weighted by Gasteiger charge is -2.40. The molecule has 25 heavy (non-hydrogen) atoms. The van der Waals surface area contributed by atoms with Crippen LogP contribution in [0.4, 0.5) is 8.78 Å². The molecule has 1 aromatic heterocycles. The van der Waals surface area contributed by atoms with Crippen LogP contribution in [-0.4, -0.2) is 57.1 Å². The van der Waals surface area contributed by atoms with Crippen LogP contribution in [0.5, 0.6) is 0 Å². The number of piperidine rings is 1. The lowest BCUT2D eigenvalue weighted by atomic mass is 9.83. The summed E-state index contributed by atoms with van der Waals surface area (Å²) < 4.78 is 25.8. The van der Waals surface area contributed by atoms with Gasteiger partial charge in [0.05, 0.1) is 5.92 Å². The van der Waals surface area contributed by atoms with Gasteiger partial charge in [-0.1, -0.05) is 6.42 Å². The molecule has 4 fully saturated rings. The van der Waals surface area contributed by atoms with E-state index in [1.54, 1.807) is 4.90 Å². The standard InChI is InChI=1S/C17H22F2N4O2/c18-17(19)23-7-6-14(20-23)16(25)21-9-12-4-5-13(10-21)22(15(12)24)8-11-2-1-3-11/h6-7,11-13,17H,1-5,8-10H2/t12-,13+/m0/s1. The van der Waals surface area contributed by atoms with E-state index in [1.807, 2.05) is 4.90 Å². The Bertz CT molecular complexity index is 673. The maximum atomic E-state index is 12.7. The maximum absolute atomic E-state index is 12.7. The third-order valence-corrected chi connectivity index (χ3v) is 5.79. The molecule has 5 rings (SSSR count). The van der Waals surface area contributed by atoms with Crippen molar-refractivity contribution < 1.29 is 18.4 Å². The van der Waals surface area contributed by atoms with Crippen LogP contribution in [0.25, 0.3) is 0 Å². The summed E-state index contributed by atoms with van der Waals surface area (Å²) in [6.07, 6.45) is 6.39. The first-order valence-electron chi connectivity index (χ1n) is 8.96. The van der Waals surface area contributed by atoms with Crippen LogP contribution in [0.15, 0.2) is 12.3 Å². The molecule has 1 aliphatic carbocycles. The fourth-order valence-electron chi connectivity index (χ4n) is 4.12. The van der Waals surface area contributed by atoms with Crippen molar-refractivity contribution in [2.24, 2.45) is 11.8 Å². The Morgan fingerprint density at radius 1 is 1.24 bits per heavy atom. The van der Waals surface area contributed by atoms with Crippen LogP contribution < -0.4 is 0 Å². The highest BCUT2D eigenvalue weighted by atomic mass is 19.3. The summed E-state index contributed by atoms with van der Waals surface area (Å²) in [5.41, 5.74) is 0.0135. The average molecular weight is 352 g/mol. The van der Waals surface area contributed by atoms with Crippen molar-refractivity contribution in [3.63, 3.8) is 0 Å². The molecule has 2 atom stereocenters. The Balaban J connectivity index is 1.50. The second-order valence-electron chi connectivity index (χ2n) is 7.38. The Labute approximate surface area is 144 Å². The first-order valence-corrected chi connectivity index (χ1v) is 8.96. The van der Waals surface area contributed by atoms with Crippen LogP contribution in [0, 0.1) is 11.8 Å². The number of halogens is 2. The summed E-state index contributed by atoms with van der Waals surface area (Å²) in [6, 6.07) is 1.35. The Morgan fingerprint density at radius 2 is 2.04 bits per heavy atom. The Kier molecular flexibility index (Phi) is 4.21. The minimum atomic E-state index is -2.76. The molecule has 0 N–H and O–H groups in total. The smallest absolute Gasteiger partial charge is 0.333 e. The molecular weight excluding hydrogens is 330 g/mol. The van der Waals surface area contributed by atoms with Crippen LogP contribution >= 0.6 is 0 Å². The quantitative estimate of drug-likeness (QED) is 0.834. The largest absolute Gasteiger partial charge is 0.337 e. The van der Waals surface area contributed by atoms with Gasteiger partial charge in [-0.3, -0.25) is 9.59 Å². The molecule has 2 amide bonds. The van der Waals surface area contributed by atoms with Crippen molar-refractivity contribution in [3.8, 4) is 0 Å². The van der Waals surface area contributed by atoms with Crippen molar-refractivity contribution >= 4 is 11.8 Å². The van der Waals surface area contributed by atoms with Crippen molar-refractivity contribution in [2.75, 3.05) is 19.6 Å². The minimum absolute atomic E-state index is 0.0135. The van der Waals surface area contributed by atoms with Gasteiger partial charge in [0.25, 0.3) is 5.91 Å². The van der Waals surface area contributed by atoms with Gasteiger partial charge in [-0.05, 0) is 37.7 Å². The molecule has 4 heterocycles. The third kappa shape index (κ3) is 3.02. The highest BCUT2D eigenvalue weighted by Crippen LogP contribution is 2.34. The molecule has 8 heteroatoms. The number of hydrogen-bond donors (Lipinski definition) is 0. The van der Waals surface area contributed by atoms with Gasteiger partial charge in [0.2, 0.25) is 5.91 Å². The van der Waals surface area contributed by atoms with Gasteiger partial charge in [0.1, 0.15) is 0 Å². The molecule has 3 saturated heterocycles. The second kappa shape index (κ2) is 6.38. The van der Waals surface area contributed by atoms with E-state index in [2.05, 4.69) is 5.10 Å². The zero-order valence-corrected chi connectivity index (χ0v) is 14.0. The first-order chi connectivity index (χ1) is 12.0. The van der Waals surface area contributed by atoms with Gasteiger partial charge in [-0.2, -0.15) is 13.9 Å². The van der Waals surface area contributed by atoms with Gasteiger partial charge in [0, 0.05) is 31.9 Å². The van der Waals surface area contributed by atoms with Crippen molar-refractivity contribution in [1.29, 1.82) is 0 Å². The molecular formula is C17H22F2N4O2. The molecule has 136 valence electrons. The van der Waals surface area contributed by atoms with E-state index in [0.717, 1.165) is 25.6 Å². The number of nitrogens with zero attached hydrogens (tertiary/aromatic N) is 4. The SMILES string of the molecule is O=C(c1ccn(C(F)F)n1)N1C[C@@H]2CC[C@H](C1)N(CC1CCC1)C2=O. The van der Waals surface area contributed by atoms with E-state index < -0.39 is 6.55 Å². The summed E-state index contributed by atoms with van der Waals surface area (Å²) >= 11 is 0. The van der Waals surface area contributed by atoms with E-state index in [4.69, 9.17) is 0 Å². The summed E-state index contributed by atoms with van der Waals surface area (Å²) in [4.78, 5) is 29.0. The van der Waals surface area contributed by atoms with Crippen LogP contribution in [-0.2, 0) is 4.79 Å². The van der Waals surface area contributed by atoms with Crippen molar-refractivity contribution in [2.45, 2.75) is 44.7 Å². The molecule has 2 bridgehead atoms. The zero-order chi connectivity index (χ0) is 17.6. The zero-order valence-electron chi connectivity index (χ0n) is 14.0. The minimum Gasteiger partial charge on any atom is -0.337 e. The third-order valence-electron chi connectivity index (χ3n) is 5.79. The maximum Gasteiger partial charge on any atom is 0.333 e. The predicted octanol–water partition coefficient (Wildman–Crippen LogP) is 2.14. The highest BCUT2D eigenvalue weighted by molar-refractivity contribution is 5.93. The van der Waals surface area contributed by atoms with Gasteiger partial charge in [-0.15, -0.1) is 0 Å². The number of fused-ring (bicyclic) bond motifs is 4. The monoisotopic (exact) mass is 352 g/mol. The molecule has 0 aromatic carbocycles. The van der Waals surface area contributed by atoms with E-state index in [1.165, 1.54) is 25.3 Å². The summed E-state index contributed by atoms with van der Waals surface area (Å²) in [7, 11) is 0. The predicted molar refractivity (Wildman–Crippen MR) is 84.9 cm³/mol. The van der Waals surface area contributed by atoms with Crippen molar-refractivity contribution in [3.05, 3.63) is 18.0 Å². The van der Waals surface area contributed by atoms with E-state index >= 15 is 0 Å². The molecule has 1 saturated carbocycles. The van der Waals surface area contributed by atoms with Gasteiger partial charge < -0.3 is 9.80 Å². The Hall–Kier alpha value is -1.99. The van der Waals surface area contributed by atoms with Crippen LogP contribution in [0.3, 0.4) is 0 Å². The summed E-state index contributed by atoms with van der Waals surface area (Å²) in [6.45, 7) is -1.14. The average Bonchev–Trinajstić information content (AvgIpc) is 2.89. The molecule has 0 spiro atoms. The number of rotatable bonds is 4. The lowest BCUT2D eigenvalue weighted by Crippen LogP contribution is -2.50. The van der Waals surface area contributed by atoms with Crippen LogP contribution in [0.2, 0.25) is 0 Å². The molecule has 1 aromatic rings. The summed E-state index contributed by atoms with van der Waals surface area (Å²) in [5.74, 6) is 0.195. The first kappa shape index (κ1) is 16.5. The van der Waals surface area contributed by atoms with Gasteiger partial charge >= 0.3 is 6.55 Å². The van der Waals surface area contributed by atoms with Gasteiger partial charge in [0.15, 0.2) is 5.69 Å². The van der Waals surface area contributed by atoms with E-state index in [-0.39, 0.29) is 29.5 Å². The van der Waals surface area contributed by atoms with Crippen molar-refractivity contribution in [1.82, 2.24) is 19.6 Å². The topological polar surface area (TPSA) is 58.4 Å². The fourth-order valence-corrected chi connectivity index (χ4v) is 4.12. The number of alkyl halides is 2. The normalized spacial score (nSPS) is 26.9. The number of aromatic nitrogens is 2. The Morgan fingerprint density at radius 3 is 2.68 bits per heavy atom. The highest BCUT2D eigenvalue weighted by Gasteiger charge is 2.43. The molecule has 0 unspecified atom stereocenters. The molecule has 4 aliphatic rings. The molecule has 0 radical (unpaired) electrons. The molecule has 3 aliphatic heterocycles. The fraction of sp³-hybridized carbons (Fsp3) is 0.706. The number of hydrogen-bond acceptors (Lipinski definition) is 3. The van der Waals surface area contributed by atoms with E-state index in [9.17, 15) is 18.4 Å². The van der Waals surface area contributed by atoms with Crippen LogP contribution in [0.1, 0.15) is 49.1 Å². The number of amides is 2. The van der Waals surface area contributed by atoms with Gasteiger partial charge in [-0.25, -0.2) is 4.68 Å². The molecule has 6 nitrogen and oxygen atoms in total. The summed E-state index contributed by atoms with van der Waals surface area (Å²) in [5, 5.41) is 3.67.